The van der Waals surface area contributed by atoms with E-state index in [1.807, 2.05) is 0 Å². The van der Waals surface area contributed by atoms with Gasteiger partial charge in [0.05, 0.1) is 5.56 Å². The number of hydrogen-bond donors (Lipinski definition) is 1. The lowest BCUT2D eigenvalue weighted by atomic mass is 10.0. The second-order valence-electron chi connectivity index (χ2n) is 3.58. The number of Topliss-reactive ketones (excluding diaryl/α,β-unsaturated/α-hetero) is 1. The minimum atomic E-state index is -4.52. The average molecular weight is 313 g/mol. The molecule has 0 aromatic heterocycles. The van der Waals surface area contributed by atoms with E-state index in [2.05, 4.69) is 0 Å². The fourth-order valence-electron chi connectivity index (χ4n) is 1.36. The molecular weight excluding hydrogens is 305 g/mol. The van der Waals surface area contributed by atoms with Crippen molar-refractivity contribution in [3.05, 3.63) is 29.3 Å². The Labute approximate surface area is 115 Å². The number of carbonyl (C=O) groups excluding carboxylic acids is 1. The monoisotopic (exact) mass is 312 g/mol. The molecule has 104 valence electrons. The van der Waals surface area contributed by atoms with Crippen LogP contribution in [-0.4, -0.2) is 22.4 Å². The van der Waals surface area contributed by atoms with E-state index in [4.69, 9.17) is 16.7 Å². The van der Waals surface area contributed by atoms with Crippen LogP contribution in [0.5, 0.6) is 0 Å². The summed E-state index contributed by atoms with van der Waals surface area (Å²) in [6, 6.07) is 3.06. The molecule has 0 aliphatic heterocycles. The number of hydrogen-bond acceptors (Lipinski definition) is 3. The van der Waals surface area contributed by atoms with Gasteiger partial charge in [0.2, 0.25) is 0 Å². The van der Waals surface area contributed by atoms with Crippen molar-refractivity contribution in [2.75, 3.05) is 0 Å². The third kappa shape index (κ3) is 4.43. The molecule has 0 amide bonds. The summed E-state index contributed by atoms with van der Waals surface area (Å²) in [5.74, 6) is -1.92. The predicted molar refractivity (Wildman–Crippen MR) is 64.6 cm³/mol. The van der Waals surface area contributed by atoms with Crippen molar-refractivity contribution in [2.24, 2.45) is 0 Å². The summed E-state index contributed by atoms with van der Waals surface area (Å²) in [6.07, 6.45) is 0. The van der Waals surface area contributed by atoms with Gasteiger partial charge in [-0.3, -0.25) is 4.79 Å². The molecule has 0 aliphatic rings. The van der Waals surface area contributed by atoms with Gasteiger partial charge in [0.1, 0.15) is 5.38 Å². The summed E-state index contributed by atoms with van der Waals surface area (Å²) in [4.78, 5) is 21.9. The summed E-state index contributed by atoms with van der Waals surface area (Å²) in [5.41, 5.74) is -4.95. The molecule has 19 heavy (non-hydrogen) atoms. The summed E-state index contributed by atoms with van der Waals surface area (Å²) in [6.45, 7) is 1.17. The van der Waals surface area contributed by atoms with E-state index in [0.717, 1.165) is 18.2 Å². The van der Waals surface area contributed by atoms with E-state index in [1.54, 1.807) is 0 Å². The van der Waals surface area contributed by atoms with Gasteiger partial charge in [-0.15, -0.1) is 11.6 Å². The molecule has 8 heteroatoms. The van der Waals surface area contributed by atoms with Gasteiger partial charge in [0.25, 0.3) is 0 Å². The van der Waals surface area contributed by atoms with Crippen LogP contribution in [0.4, 0.5) is 13.2 Å². The van der Waals surface area contributed by atoms with Crippen molar-refractivity contribution in [1.82, 2.24) is 0 Å². The Balaban J connectivity index is 3.23. The minimum Gasteiger partial charge on any atom is -0.478 e. The van der Waals surface area contributed by atoms with Crippen LogP contribution in [0.15, 0.2) is 23.1 Å². The molecule has 1 N–H and O–H groups in total. The smallest absolute Gasteiger partial charge is 0.446 e. The van der Waals surface area contributed by atoms with Gasteiger partial charge >= 0.3 is 11.5 Å². The highest BCUT2D eigenvalue weighted by Gasteiger charge is 2.30. The van der Waals surface area contributed by atoms with Crippen LogP contribution in [0.25, 0.3) is 0 Å². The van der Waals surface area contributed by atoms with Gasteiger partial charge in [0.15, 0.2) is 5.78 Å². The standard InChI is InChI=1S/C11H8ClF3O3S/c1-5(16)9(12)7-3-2-6(19-11(13,14)15)4-8(7)10(17)18/h2-4,9H,1H3,(H,17,18). The van der Waals surface area contributed by atoms with Gasteiger partial charge in [-0.25, -0.2) is 4.79 Å². The molecule has 0 aliphatic carbocycles. The van der Waals surface area contributed by atoms with Crippen LogP contribution < -0.4 is 0 Å². The molecule has 3 nitrogen and oxygen atoms in total. The minimum absolute atomic E-state index is 0.0202. The summed E-state index contributed by atoms with van der Waals surface area (Å²) < 4.78 is 36.6. The molecule has 0 fully saturated rings. The molecule has 0 heterocycles. The lowest BCUT2D eigenvalue weighted by Crippen LogP contribution is -2.10. The van der Waals surface area contributed by atoms with E-state index in [9.17, 15) is 22.8 Å². The van der Waals surface area contributed by atoms with Crippen LogP contribution >= 0.6 is 23.4 Å². The first-order valence-corrected chi connectivity index (χ1v) is 6.14. The van der Waals surface area contributed by atoms with Crippen molar-refractivity contribution in [1.29, 1.82) is 0 Å². The van der Waals surface area contributed by atoms with Gasteiger partial charge in [0, 0.05) is 4.90 Å². The quantitative estimate of drug-likeness (QED) is 0.677. The van der Waals surface area contributed by atoms with Crippen LogP contribution in [0.1, 0.15) is 28.2 Å². The predicted octanol–water partition coefficient (Wildman–Crippen LogP) is 3.87. The number of rotatable bonds is 4. The zero-order chi connectivity index (χ0) is 14.8. The normalized spacial score (nSPS) is 13.1. The molecular formula is C11H8ClF3O3S. The number of alkyl halides is 4. The lowest BCUT2D eigenvalue weighted by Gasteiger charge is -2.12. The second kappa shape index (κ2) is 5.83. The van der Waals surface area contributed by atoms with E-state index < -0.39 is 40.0 Å². The fourth-order valence-corrected chi connectivity index (χ4v) is 2.13. The van der Waals surface area contributed by atoms with Crippen LogP contribution in [0.3, 0.4) is 0 Å². The maximum absolute atomic E-state index is 12.2. The van der Waals surface area contributed by atoms with Gasteiger partial charge in [-0.1, -0.05) is 6.07 Å². The molecule has 1 aromatic rings. The molecule has 0 saturated carbocycles. The zero-order valence-corrected chi connectivity index (χ0v) is 11.1. The van der Waals surface area contributed by atoms with E-state index in [1.165, 1.54) is 6.92 Å². The van der Waals surface area contributed by atoms with E-state index >= 15 is 0 Å². The molecule has 0 bridgehead atoms. The Bertz CT molecular complexity index is 516. The largest absolute Gasteiger partial charge is 0.478 e. The SMILES string of the molecule is CC(=O)C(Cl)c1ccc(SC(F)(F)F)cc1C(=O)O. The summed E-state index contributed by atoms with van der Waals surface area (Å²) in [5, 5.41) is 7.76. The molecule has 1 unspecified atom stereocenters. The highest BCUT2D eigenvalue weighted by molar-refractivity contribution is 8.00. The molecule has 0 saturated heterocycles. The first-order valence-electron chi connectivity index (χ1n) is 4.89. The van der Waals surface area contributed by atoms with Crippen molar-refractivity contribution in [3.8, 4) is 0 Å². The Morgan fingerprint density at radius 1 is 1.37 bits per heavy atom. The number of carboxylic acids is 1. The Morgan fingerprint density at radius 2 is 1.95 bits per heavy atom. The van der Waals surface area contributed by atoms with Crippen molar-refractivity contribution < 1.29 is 27.9 Å². The number of thioether (sulfide) groups is 1. The Morgan fingerprint density at radius 3 is 2.37 bits per heavy atom. The number of carboxylic acid groups (broad SMARTS) is 1. The molecule has 0 radical (unpaired) electrons. The van der Waals surface area contributed by atoms with Crippen molar-refractivity contribution in [2.45, 2.75) is 22.7 Å². The average Bonchev–Trinajstić information content (AvgIpc) is 2.25. The number of carbonyl (C=O) groups is 2. The summed E-state index contributed by atoms with van der Waals surface area (Å²) in [7, 11) is 0. The first-order chi connectivity index (χ1) is 8.61. The maximum Gasteiger partial charge on any atom is 0.446 e. The number of halogens is 4. The van der Waals surface area contributed by atoms with Crippen LogP contribution in [0.2, 0.25) is 0 Å². The third-order valence-corrected chi connectivity index (χ3v) is 3.38. The number of benzene rings is 1. The molecule has 1 rings (SSSR count). The van der Waals surface area contributed by atoms with Crippen LogP contribution in [-0.2, 0) is 4.79 Å². The molecule has 0 spiro atoms. The topological polar surface area (TPSA) is 54.4 Å². The lowest BCUT2D eigenvalue weighted by molar-refractivity contribution is -0.116. The second-order valence-corrected chi connectivity index (χ2v) is 5.15. The van der Waals surface area contributed by atoms with Gasteiger partial charge in [-0.2, -0.15) is 13.2 Å². The zero-order valence-electron chi connectivity index (χ0n) is 9.49. The van der Waals surface area contributed by atoms with E-state index in [-0.39, 0.29) is 10.5 Å². The third-order valence-electron chi connectivity index (χ3n) is 2.12. The van der Waals surface area contributed by atoms with Crippen LogP contribution in [0, 0.1) is 0 Å². The van der Waals surface area contributed by atoms with Gasteiger partial charge < -0.3 is 5.11 Å². The number of ketones is 1. The fraction of sp³-hybridized carbons (Fsp3) is 0.273. The Kier molecular flexibility index (Phi) is 4.86. The Hall–Kier alpha value is -1.21. The number of aromatic carboxylic acids is 1. The maximum atomic E-state index is 12.2. The highest BCUT2D eigenvalue weighted by atomic mass is 35.5. The molecule has 1 atom stereocenters. The highest BCUT2D eigenvalue weighted by Crippen LogP contribution is 2.38. The summed E-state index contributed by atoms with van der Waals surface area (Å²) >= 11 is 5.30. The first kappa shape index (κ1) is 15.8. The van der Waals surface area contributed by atoms with Crippen molar-refractivity contribution >= 4 is 35.1 Å². The van der Waals surface area contributed by atoms with Crippen molar-refractivity contribution in [3.63, 3.8) is 0 Å². The molecule has 1 aromatic carbocycles. The van der Waals surface area contributed by atoms with E-state index in [0.29, 0.717) is 0 Å². The van der Waals surface area contributed by atoms with Gasteiger partial charge in [-0.05, 0) is 36.4 Å².